The van der Waals surface area contributed by atoms with Crippen LogP contribution in [0.15, 0.2) is 30.5 Å². The van der Waals surface area contributed by atoms with Gasteiger partial charge in [-0.3, -0.25) is 14.8 Å². The number of nitro groups is 1. The van der Waals surface area contributed by atoms with Gasteiger partial charge in [-0.15, -0.1) is 0 Å². The standard InChI is InChI=1S/C13H13N3O2/c17-16(18)11-5-3-4-10(8-11)12-9-14-15-7-2-1-6-13(12)15/h3-5,8-9H,1-2,6-7H2. The minimum Gasteiger partial charge on any atom is -0.269 e. The fraction of sp³-hybridized carbons (Fsp3) is 0.308. The third kappa shape index (κ3) is 1.77. The molecule has 0 N–H and O–H groups in total. The lowest BCUT2D eigenvalue weighted by Gasteiger charge is -2.14. The highest BCUT2D eigenvalue weighted by Gasteiger charge is 2.17. The van der Waals surface area contributed by atoms with Crippen LogP contribution >= 0.6 is 0 Å². The summed E-state index contributed by atoms with van der Waals surface area (Å²) >= 11 is 0. The molecule has 0 saturated heterocycles. The molecule has 1 aliphatic heterocycles. The van der Waals surface area contributed by atoms with Crippen LogP contribution < -0.4 is 0 Å². The zero-order valence-electron chi connectivity index (χ0n) is 9.87. The molecule has 92 valence electrons. The summed E-state index contributed by atoms with van der Waals surface area (Å²) in [5.74, 6) is 0. The second-order valence-corrected chi connectivity index (χ2v) is 4.49. The van der Waals surface area contributed by atoms with Crippen molar-refractivity contribution in [3.05, 3.63) is 46.3 Å². The molecule has 0 saturated carbocycles. The van der Waals surface area contributed by atoms with Crippen LogP contribution in [0.25, 0.3) is 11.1 Å². The van der Waals surface area contributed by atoms with E-state index in [9.17, 15) is 10.1 Å². The molecule has 1 aromatic heterocycles. The highest BCUT2D eigenvalue weighted by molar-refractivity contribution is 5.68. The Labute approximate surface area is 104 Å². The van der Waals surface area contributed by atoms with Crippen LogP contribution in [0.2, 0.25) is 0 Å². The predicted molar refractivity (Wildman–Crippen MR) is 67.3 cm³/mol. The molecule has 1 aromatic carbocycles. The molecule has 2 aromatic rings. The van der Waals surface area contributed by atoms with Gasteiger partial charge < -0.3 is 0 Å². The normalized spacial score (nSPS) is 14.2. The first-order valence-corrected chi connectivity index (χ1v) is 6.05. The molecule has 0 unspecified atom stereocenters. The first kappa shape index (κ1) is 11.0. The van der Waals surface area contributed by atoms with E-state index in [0.717, 1.165) is 36.9 Å². The number of rotatable bonds is 2. The third-order valence-corrected chi connectivity index (χ3v) is 3.35. The van der Waals surface area contributed by atoms with Gasteiger partial charge in [0.25, 0.3) is 5.69 Å². The summed E-state index contributed by atoms with van der Waals surface area (Å²) in [5.41, 5.74) is 3.23. The van der Waals surface area contributed by atoms with E-state index in [4.69, 9.17) is 0 Å². The van der Waals surface area contributed by atoms with Gasteiger partial charge in [-0.1, -0.05) is 12.1 Å². The molecule has 3 rings (SSSR count). The van der Waals surface area contributed by atoms with Crippen LogP contribution in [0.3, 0.4) is 0 Å². The van der Waals surface area contributed by atoms with Gasteiger partial charge in [0.1, 0.15) is 0 Å². The van der Waals surface area contributed by atoms with Gasteiger partial charge in [-0.05, 0) is 24.8 Å². The van der Waals surface area contributed by atoms with E-state index in [1.54, 1.807) is 12.1 Å². The molecule has 0 amide bonds. The van der Waals surface area contributed by atoms with Gasteiger partial charge in [-0.25, -0.2) is 0 Å². The molecule has 0 atom stereocenters. The van der Waals surface area contributed by atoms with E-state index in [0.29, 0.717) is 0 Å². The molecule has 18 heavy (non-hydrogen) atoms. The van der Waals surface area contributed by atoms with Crippen LogP contribution in [0.4, 0.5) is 5.69 Å². The van der Waals surface area contributed by atoms with Gasteiger partial charge in [-0.2, -0.15) is 5.10 Å². The summed E-state index contributed by atoms with van der Waals surface area (Å²) in [6, 6.07) is 6.76. The minimum absolute atomic E-state index is 0.128. The van der Waals surface area contributed by atoms with Crippen molar-refractivity contribution in [1.29, 1.82) is 0 Å². The van der Waals surface area contributed by atoms with Crippen LogP contribution in [0, 0.1) is 10.1 Å². The van der Waals surface area contributed by atoms with E-state index >= 15 is 0 Å². The average Bonchev–Trinajstić information content (AvgIpc) is 2.82. The number of fused-ring (bicyclic) bond motifs is 1. The monoisotopic (exact) mass is 243 g/mol. The van der Waals surface area contributed by atoms with Crippen molar-refractivity contribution < 1.29 is 4.92 Å². The number of benzene rings is 1. The maximum absolute atomic E-state index is 10.8. The second kappa shape index (κ2) is 4.25. The van der Waals surface area contributed by atoms with Crippen molar-refractivity contribution in [1.82, 2.24) is 9.78 Å². The maximum Gasteiger partial charge on any atom is 0.270 e. The lowest BCUT2D eigenvalue weighted by atomic mass is 10.0. The highest BCUT2D eigenvalue weighted by Crippen LogP contribution is 2.29. The molecule has 0 radical (unpaired) electrons. The molecular formula is C13H13N3O2. The number of nitrogens with zero attached hydrogens (tertiary/aromatic N) is 3. The third-order valence-electron chi connectivity index (χ3n) is 3.35. The van der Waals surface area contributed by atoms with Crippen molar-refractivity contribution in [2.75, 3.05) is 0 Å². The molecule has 5 nitrogen and oxygen atoms in total. The van der Waals surface area contributed by atoms with Crippen molar-refractivity contribution in [3.63, 3.8) is 0 Å². The number of aromatic nitrogens is 2. The zero-order chi connectivity index (χ0) is 12.5. The first-order chi connectivity index (χ1) is 8.75. The lowest BCUT2D eigenvalue weighted by Crippen LogP contribution is -2.11. The Kier molecular flexibility index (Phi) is 2.59. The Hall–Kier alpha value is -2.17. The first-order valence-electron chi connectivity index (χ1n) is 6.05. The molecule has 5 heteroatoms. The summed E-state index contributed by atoms with van der Waals surface area (Å²) in [6.07, 6.45) is 5.13. The van der Waals surface area contributed by atoms with E-state index in [2.05, 4.69) is 5.10 Å². The second-order valence-electron chi connectivity index (χ2n) is 4.49. The van der Waals surface area contributed by atoms with Crippen molar-refractivity contribution in [2.24, 2.45) is 0 Å². The van der Waals surface area contributed by atoms with Gasteiger partial charge in [0.05, 0.1) is 11.1 Å². The van der Waals surface area contributed by atoms with Crippen LogP contribution in [-0.4, -0.2) is 14.7 Å². The Bertz CT molecular complexity index is 604. The Morgan fingerprint density at radius 3 is 3.06 bits per heavy atom. The molecular weight excluding hydrogens is 230 g/mol. The summed E-state index contributed by atoms with van der Waals surface area (Å²) in [6.45, 7) is 0.949. The van der Waals surface area contributed by atoms with Gasteiger partial charge in [0.15, 0.2) is 0 Å². The largest absolute Gasteiger partial charge is 0.270 e. The number of nitro benzene ring substituents is 1. The highest BCUT2D eigenvalue weighted by atomic mass is 16.6. The molecule has 2 heterocycles. The molecule has 0 aliphatic carbocycles. The van der Waals surface area contributed by atoms with Crippen LogP contribution in [0.1, 0.15) is 18.5 Å². The summed E-state index contributed by atoms with van der Waals surface area (Å²) in [7, 11) is 0. The average molecular weight is 243 g/mol. The van der Waals surface area contributed by atoms with Gasteiger partial charge >= 0.3 is 0 Å². The quantitative estimate of drug-likeness (QED) is 0.602. The molecule has 0 fully saturated rings. The summed E-state index contributed by atoms with van der Waals surface area (Å²) < 4.78 is 2.01. The topological polar surface area (TPSA) is 61.0 Å². The smallest absolute Gasteiger partial charge is 0.269 e. The number of hydrogen-bond acceptors (Lipinski definition) is 3. The zero-order valence-corrected chi connectivity index (χ0v) is 9.87. The van der Waals surface area contributed by atoms with E-state index in [1.165, 1.54) is 11.8 Å². The summed E-state index contributed by atoms with van der Waals surface area (Å²) in [5, 5.41) is 15.2. The van der Waals surface area contributed by atoms with Crippen molar-refractivity contribution in [2.45, 2.75) is 25.8 Å². The Balaban J connectivity index is 2.07. The summed E-state index contributed by atoms with van der Waals surface area (Å²) in [4.78, 5) is 10.4. The number of aryl methyl sites for hydroxylation is 1. The number of hydrogen-bond donors (Lipinski definition) is 0. The van der Waals surface area contributed by atoms with Crippen molar-refractivity contribution >= 4 is 5.69 Å². The van der Waals surface area contributed by atoms with E-state index < -0.39 is 0 Å². The lowest BCUT2D eigenvalue weighted by molar-refractivity contribution is -0.384. The van der Waals surface area contributed by atoms with E-state index in [-0.39, 0.29) is 10.6 Å². The molecule has 0 bridgehead atoms. The molecule has 0 spiro atoms. The van der Waals surface area contributed by atoms with Gasteiger partial charge in [0, 0.05) is 29.9 Å². The van der Waals surface area contributed by atoms with Crippen molar-refractivity contribution in [3.8, 4) is 11.1 Å². The molecule has 1 aliphatic rings. The predicted octanol–water partition coefficient (Wildman–Crippen LogP) is 2.79. The Morgan fingerprint density at radius 2 is 2.22 bits per heavy atom. The van der Waals surface area contributed by atoms with Crippen LogP contribution in [0.5, 0.6) is 0 Å². The van der Waals surface area contributed by atoms with E-state index in [1.807, 2.05) is 16.9 Å². The fourth-order valence-electron chi connectivity index (χ4n) is 2.45. The SMILES string of the molecule is O=[N+]([O-])c1cccc(-c2cnn3c2CCCC3)c1. The van der Waals surface area contributed by atoms with Crippen LogP contribution in [-0.2, 0) is 13.0 Å². The minimum atomic E-state index is -0.362. The Morgan fingerprint density at radius 1 is 1.33 bits per heavy atom. The van der Waals surface area contributed by atoms with Gasteiger partial charge in [0.2, 0.25) is 0 Å². The maximum atomic E-state index is 10.8. The fourth-order valence-corrected chi connectivity index (χ4v) is 2.45. The number of non-ortho nitro benzene ring substituents is 1.